The van der Waals surface area contributed by atoms with Crippen LogP contribution in [0.15, 0.2) is 54.6 Å². The normalized spacial score (nSPS) is 13.4. The monoisotopic (exact) mass is 354 g/mol. The molecule has 0 aliphatic heterocycles. The minimum Gasteiger partial charge on any atom is -0.543 e. The zero-order chi connectivity index (χ0) is 18.7. The van der Waals surface area contributed by atoms with Gasteiger partial charge in [-0.3, -0.25) is 4.79 Å². The molecule has 0 saturated carbocycles. The first kappa shape index (κ1) is 19.5. The summed E-state index contributed by atoms with van der Waals surface area (Å²) in [6.07, 6.45) is 0.788. The Labute approximate surface area is 153 Å². The van der Waals surface area contributed by atoms with Gasteiger partial charge in [-0.05, 0) is 42.2 Å². The molecule has 0 bridgehead atoms. The largest absolute Gasteiger partial charge is 0.543 e. The second-order valence-corrected chi connectivity index (χ2v) is 12.9. The Kier molecular flexibility index (Phi) is 5.89. The minimum absolute atomic E-state index is 0.107. The SMILES string of the molecule is CCC(C(=O)c1cccc(O[Si](C)(C)C(C)(C)C)c1)c1ccccc1. The van der Waals surface area contributed by atoms with Crippen LogP contribution in [0.3, 0.4) is 0 Å². The van der Waals surface area contributed by atoms with Crippen molar-refractivity contribution in [3.63, 3.8) is 0 Å². The number of benzene rings is 2. The first-order valence-electron chi connectivity index (χ1n) is 9.04. The lowest BCUT2D eigenvalue weighted by Gasteiger charge is -2.36. The molecule has 0 N–H and O–H groups in total. The van der Waals surface area contributed by atoms with Gasteiger partial charge in [-0.2, -0.15) is 0 Å². The van der Waals surface area contributed by atoms with Gasteiger partial charge in [0.05, 0.1) is 0 Å². The molecular formula is C22H30O2Si. The van der Waals surface area contributed by atoms with Gasteiger partial charge in [0.1, 0.15) is 5.75 Å². The highest BCUT2D eigenvalue weighted by molar-refractivity contribution is 6.74. The van der Waals surface area contributed by atoms with Crippen molar-refractivity contribution in [3.05, 3.63) is 65.7 Å². The second-order valence-electron chi connectivity index (χ2n) is 8.13. The van der Waals surface area contributed by atoms with Gasteiger partial charge in [0.25, 0.3) is 0 Å². The Morgan fingerprint density at radius 2 is 1.68 bits per heavy atom. The predicted molar refractivity (Wildman–Crippen MR) is 108 cm³/mol. The molecule has 1 unspecified atom stereocenters. The average molecular weight is 355 g/mol. The Hall–Kier alpha value is -1.87. The van der Waals surface area contributed by atoms with Crippen LogP contribution in [0.4, 0.5) is 0 Å². The highest BCUT2D eigenvalue weighted by Gasteiger charge is 2.39. The molecule has 0 heterocycles. The summed E-state index contributed by atoms with van der Waals surface area (Å²) in [6, 6.07) is 17.7. The molecule has 0 radical (unpaired) electrons. The van der Waals surface area contributed by atoms with Gasteiger partial charge in [-0.25, -0.2) is 0 Å². The number of rotatable bonds is 6. The standard InChI is InChI=1S/C22H30O2Si/c1-7-20(17-12-9-8-10-13-17)21(23)18-14-11-15-19(16-18)24-25(5,6)22(2,3)4/h8-16,20H,7H2,1-6H3. The maximum atomic E-state index is 13.0. The molecule has 25 heavy (non-hydrogen) atoms. The molecule has 0 fully saturated rings. The van der Waals surface area contributed by atoms with Crippen molar-refractivity contribution in [1.82, 2.24) is 0 Å². The molecule has 0 amide bonds. The number of hydrogen-bond donors (Lipinski definition) is 0. The molecule has 0 aliphatic carbocycles. The molecule has 0 saturated heterocycles. The van der Waals surface area contributed by atoms with Gasteiger partial charge >= 0.3 is 0 Å². The van der Waals surface area contributed by atoms with E-state index in [-0.39, 0.29) is 16.7 Å². The Morgan fingerprint density at radius 1 is 1.04 bits per heavy atom. The van der Waals surface area contributed by atoms with Crippen LogP contribution >= 0.6 is 0 Å². The van der Waals surface area contributed by atoms with E-state index in [9.17, 15) is 4.79 Å². The van der Waals surface area contributed by atoms with Crippen molar-refractivity contribution >= 4 is 14.1 Å². The molecule has 2 aromatic carbocycles. The van der Waals surface area contributed by atoms with Crippen LogP contribution in [0.2, 0.25) is 18.1 Å². The molecule has 2 rings (SSSR count). The van der Waals surface area contributed by atoms with Crippen LogP contribution in [0.25, 0.3) is 0 Å². The van der Waals surface area contributed by atoms with Crippen molar-refractivity contribution in [3.8, 4) is 5.75 Å². The summed E-state index contributed by atoms with van der Waals surface area (Å²) < 4.78 is 6.36. The van der Waals surface area contributed by atoms with Crippen molar-refractivity contribution < 1.29 is 9.22 Å². The molecule has 3 heteroatoms. The zero-order valence-electron chi connectivity index (χ0n) is 16.3. The number of carbonyl (C=O) groups excluding carboxylic acids is 1. The fourth-order valence-electron chi connectivity index (χ4n) is 2.62. The third-order valence-corrected chi connectivity index (χ3v) is 9.58. The average Bonchev–Trinajstić information content (AvgIpc) is 2.55. The second kappa shape index (κ2) is 7.57. The summed E-state index contributed by atoms with van der Waals surface area (Å²) in [5, 5.41) is 0.128. The number of Topliss-reactive ketones (excluding diaryl/α,β-unsaturated/α-hetero) is 1. The van der Waals surface area contributed by atoms with Crippen molar-refractivity contribution in [2.75, 3.05) is 0 Å². The molecule has 2 aromatic rings. The minimum atomic E-state index is -1.91. The first-order valence-corrected chi connectivity index (χ1v) is 11.9. The maximum absolute atomic E-state index is 13.0. The third kappa shape index (κ3) is 4.60. The van der Waals surface area contributed by atoms with E-state index in [1.807, 2.05) is 54.6 Å². The molecule has 0 spiro atoms. The summed E-state index contributed by atoms with van der Waals surface area (Å²) >= 11 is 0. The molecule has 1 atom stereocenters. The van der Waals surface area contributed by atoms with Crippen molar-refractivity contribution in [2.24, 2.45) is 0 Å². The summed E-state index contributed by atoms with van der Waals surface area (Å²) in [5.74, 6) is 0.860. The molecule has 0 aromatic heterocycles. The summed E-state index contributed by atoms with van der Waals surface area (Å²) in [4.78, 5) is 13.0. The maximum Gasteiger partial charge on any atom is 0.250 e. The molecular weight excluding hydrogens is 324 g/mol. The Bertz CT molecular complexity index is 714. The van der Waals surface area contributed by atoms with Crippen LogP contribution < -0.4 is 4.43 Å². The lowest BCUT2D eigenvalue weighted by molar-refractivity contribution is 0.0957. The zero-order valence-corrected chi connectivity index (χ0v) is 17.3. The van der Waals surface area contributed by atoms with Crippen LogP contribution in [0, 0.1) is 0 Å². The molecule has 134 valence electrons. The van der Waals surface area contributed by atoms with Gasteiger partial charge in [-0.1, -0.05) is 70.2 Å². The summed E-state index contributed by atoms with van der Waals surface area (Å²) in [6.45, 7) is 13.2. The lowest BCUT2D eigenvalue weighted by Crippen LogP contribution is -2.43. The van der Waals surface area contributed by atoms with Gasteiger partial charge in [0.15, 0.2) is 5.78 Å². The first-order chi connectivity index (χ1) is 11.7. The van der Waals surface area contributed by atoms with E-state index >= 15 is 0 Å². The smallest absolute Gasteiger partial charge is 0.250 e. The fraction of sp³-hybridized carbons (Fsp3) is 0.409. The Morgan fingerprint density at radius 3 is 2.24 bits per heavy atom. The Balaban J connectivity index is 2.27. The molecule has 2 nitrogen and oxygen atoms in total. The van der Waals surface area contributed by atoms with E-state index in [1.54, 1.807) is 0 Å². The van der Waals surface area contributed by atoms with Gasteiger partial charge in [-0.15, -0.1) is 0 Å². The lowest BCUT2D eigenvalue weighted by atomic mass is 9.88. The van der Waals surface area contributed by atoms with Crippen LogP contribution in [0.1, 0.15) is 56.0 Å². The van der Waals surface area contributed by atoms with Crippen LogP contribution in [0.5, 0.6) is 5.75 Å². The van der Waals surface area contributed by atoms with Gasteiger partial charge in [0, 0.05) is 11.5 Å². The van der Waals surface area contributed by atoms with Crippen molar-refractivity contribution in [2.45, 2.75) is 58.2 Å². The van der Waals surface area contributed by atoms with E-state index in [0.717, 1.165) is 23.3 Å². The predicted octanol–water partition coefficient (Wildman–Crippen LogP) is 6.45. The van der Waals surface area contributed by atoms with Gasteiger partial charge in [0.2, 0.25) is 8.32 Å². The topological polar surface area (TPSA) is 26.3 Å². The van der Waals surface area contributed by atoms with Crippen LogP contribution in [-0.2, 0) is 0 Å². The highest BCUT2D eigenvalue weighted by atomic mass is 28.4. The summed E-state index contributed by atoms with van der Waals surface area (Å²) in [5.41, 5.74) is 1.80. The van der Waals surface area contributed by atoms with Crippen LogP contribution in [-0.4, -0.2) is 14.1 Å². The highest BCUT2D eigenvalue weighted by Crippen LogP contribution is 2.37. The molecule has 0 aliphatic rings. The third-order valence-electron chi connectivity index (χ3n) is 5.22. The summed E-state index contributed by atoms with van der Waals surface area (Å²) in [7, 11) is -1.91. The van der Waals surface area contributed by atoms with E-state index in [0.29, 0.717) is 0 Å². The van der Waals surface area contributed by atoms with E-state index in [2.05, 4.69) is 40.8 Å². The number of ketones is 1. The van der Waals surface area contributed by atoms with Crippen molar-refractivity contribution in [1.29, 1.82) is 0 Å². The van der Waals surface area contributed by atoms with E-state index < -0.39 is 8.32 Å². The quantitative estimate of drug-likeness (QED) is 0.440. The number of hydrogen-bond acceptors (Lipinski definition) is 2. The van der Waals surface area contributed by atoms with E-state index in [4.69, 9.17) is 4.43 Å². The van der Waals surface area contributed by atoms with Gasteiger partial charge < -0.3 is 4.43 Å². The number of carbonyl (C=O) groups is 1. The fourth-order valence-corrected chi connectivity index (χ4v) is 3.64. The van der Waals surface area contributed by atoms with E-state index in [1.165, 1.54) is 0 Å².